The zero-order valence-corrected chi connectivity index (χ0v) is 18.8. The van der Waals surface area contributed by atoms with Crippen LogP contribution >= 0.6 is 11.8 Å². The zero-order valence-electron chi connectivity index (χ0n) is 18.0. The second-order valence-electron chi connectivity index (χ2n) is 8.95. The molecule has 1 aromatic carbocycles. The standard InChI is InChI=1S/C22H32N6OS/c1-13-7-8-22(18(13)24)9-11-28(12-10-22)21-26-19(25)17(20(29)27(21)3)30-16-6-4-5-15(23)14(16)2/h4-6,13,18H,7-12,23-25H2,1-3H3/t13-,18-/m1/s1. The van der Waals surface area contributed by atoms with Gasteiger partial charge in [-0.05, 0) is 61.6 Å². The Morgan fingerprint density at radius 3 is 2.53 bits per heavy atom. The summed E-state index contributed by atoms with van der Waals surface area (Å²) in [6.07, 6.45) is 4.48. The number of anilines is 3. The molecule has 30 heavy (non-hydrogen) atoms. The number of nitrogens with zero attached hydrogens (tertiary/aromatic N) is 3. The highest BCUT2D eigenvalue weighted by Crippen LogP contribution is 2.48. The first-order chi connectivity index (χ1) is 14.2. The van der Waals surface area contributed by atoms with Gasteiger partial charge in [0.1, 0.15) is 10.7 Å². The summed E-state index contributed by atoms with van der Waals surface area (Å²) in [5, 5.41) is 0. The van der Waals surface area contributed by atoms with E-state index in [1.165, 1.54) is 24.6 Å². The first-order valence-electron chi connectivity index (χ1n) is 10.6. The molecule has 1 saturated carbocycles. The predicted octanol–water partition coefficient (Wildman–Crippen LogP) is 2.75. The van der Waals surface area contributed by atoms with E-state index < -0.39 is 0 Å². The second kappa shape index (κ2) is 7.81. The van der Waals surface area contributed by atoms with Crippen molar-refractivity contribution in [2.24, 2.45) is 24.1 Å². The van der Waals surface area contributed by atoms with E-state index >= 15 is 0 Å². The highest BCUT2D eigenvalue weighted by atomic mass is 32.2. The van der Waals surface area contributed by atoms with Crippen LogP contribution in [0.1, 0.15) is 38.2 Å². The molecule has 2 aliphatic rings. The van der Waals surface area contributed by atoms with Gasteiger partial charge >= 0.3 is 0 Å². The molecule has 1 aromatic heterocycles. The van der Waals surface area contributed by atoms with E-state index in [9.17, 15) is 4.79 Å². The largest absolute Gasteiger partial charge is 0.398 e. The Morgan fingerprint density at radius 2 is 1.90 bits per heavy atom. The molecule has 6 N–H and O–H groups in total. The highest BCUT2D eigenvalue weighted by molar-refractivity contribution is 7.99. The molecule has 0 unspecified atom stereocenters. The van der Waals surface area contributed by atoms with Crippen LogP contribution < -0.4 is 27.7 Å². The third-order valence-electron chi connectivity index (χ3n) is 7.25. The third kappa shape index (κ3) is 3.46. The van der Waals surface area contributed by atoms with Gasteiger partial charge in [0.15, 0.2) is 0 Å². The van der Waals surface area contributed by atoms with Gasteiger partial charge in [0, 0.05) is 36.8 Å². The van der Waals surface area contributed by atoms with Crippen molar-refractivity contribution in [1.82, 2.24) is 9.55 Å². The summed E-state index contributed by atoms with van der Waals surface area (Å²) in [5.41, 5.74) is 20.6. The van der Waals surface area contributed by atoms with Crippen molar-refractivity contribution in [2.75, 3.05) is 29.5 Å². The third-order valence-corrected chi connectivity index (χ3v) is 8.50. The predicted molar refractivity (Wildman–Crippen MR) is 124 cm³/mol. The van der Waals surface area contributed by atoms with Crippen LogP contribution in [0.5, 0.6) is 0 Å². The van der Waals surface area contributed by atoms with Crippen LogP contribution in [-0.4, -0.2) is 28.7 Å². The molecule has 0 amide bonds. The first kappa shape index (κ1) is 21.1. The van der Waals surface area contributed by atoms with Crippen LogP contribution in [-0.2, 0) is 7.05 Å². The molecule has 1 saturated heterocycles. The Labute approximate surface area is 182 Å². The van der Waals surface area contributed by atoms with Crippen molar-refractivity contribution in [3.05, 3.63) is 34.1 Å². The smallest absolute Gasteiger partial charge is 0.270 e. The van der Waals surface area contributed by atoms with E-state index in [1.54, 1.807) is 11.6 Å². The molecule has 8 heteroatoms. The average molecular weight is 429 g/mol. The monoisotopic (exact) mass is 428 g/mol. The van der Waals surface area contributed by atoms with Crippen LogP contribution in [0, 0.1) is 18.3 Å². The van der Waals surface area contributed by atoms with E-state index in [0.29, 0.717) is 22.4 Å². The second-order valence-corrected chi connectivity index (χ2v) is 10.0. The van der Waals surface area contributed by atoms with Gasteiger partial charge < -0.3 is 22.1 Å². The lowest BCUT2D eigenvalue weighted by atomic mass is 9.73. The molecule has 1 spiro atoms. The molecule has 1 aliphatic heterocycles. The van der Waals surface area contributed by atoms with Crippen molar-refractivity contribution >= 4 is 29.2 Å². The molecule has 2 heterocycles. The maximum atomic E-state index is 13.1. The number of rotatable bonds is 3. The molecule has 0 bridgehead atoms. The molecule has 2 aromatic rings. The summed E-state index contributed by atoms with van der Waals surface area (Å²) in [7, 11) is 1.77. The Balaban J connectivity index is 1.58. The van der Waals surface area contributed by atoms with E-state index in [0.717, 1.165) is 36.4 Å². The van der Waals surface area contributed by atoms with Crippen LogP contribution in [0.2, 0.25) is 0 Å². The fourth-order valence-electron chi connectivity index (χ4n) is 5.02. The lowest BCUT2D eigenvalue weighted by Gasteiger charge is -2.43. The molecular formula is C22H32N6OS. The molecule has 4 rings (SSSR count). The van der Waals surface area contributed by atoms with Gasteiger partial charge in [-0.15, -0.1) is 0 Å². The minimum atomic E-state index is -0.129. The molecule has 7 nitrogen and oxygen atoms in total. The van der Waals surface area contributed by atoms with Gasteiger partial charge in [0.25, 0.3) is 5.56 Å². The lowest BCUT2D eigenvalue weighted by molar-refractivity contribution is 0.185. The molecule has 1 aliphatic carbocycles. The van der Waals surface area contributed by atoms with E-state index in [-0.39, 0.29) is 22.8 Å². The van der Waals surface area contributed by atoms with Crippen LogP contribution in [0.4, 0.5) is 17.5 Å². The number of benzene rings is 1. The number of aromatic nitrogens is 2. The summed E-state index contributed by atoms with van der Waals surface area (Å²) in [5.74, 6) is 1.49. The summed E-state index contributed by atoms with van der Waals surface area (Å²) < 4.78 is 1.62. The Morgan fingerprint density at radius 1 is 1.20 bits per heavy atom. The van der Waals surface area contributed by atoms with Crippen molar-refractivity contribution in [2.45, 2.75) is 55.4 Å². The average Bonchev–Trinajstić information content (AvgIpc) is 3.00. The van der Waals surface area contributed by atoms with Crippen LogP contribution in [0.25, 0.3) is 0 Å². The van der Waals surface area contributed by atoms with E-state index in [4.69, 9.17) is 17.2 Å². The fourth-order valence-corrected chi connectivity index (χ4v) is 6.03. The van der Waals surface area contributed by atoms with Gasteiger partial charge in [0.2, 0.25) is 5.95 Å². The van der Waals surface area contributed by atoms with E-state index in [2.05, 4.69) is 16.8 Å². The van der Waals surface area contributed by atoms with Crippen LogP contribution in [0.3, 0.4) is 0 Å². The van der Waals surface area contributed by atoms with Gasteiger partial charge in [-0.3, -0.25) is 9.36 Å². The van der Waals surface area contributed by atoms with Gasteiger partial charge in [-0.2, -0.15) is 4.98 Å². The zero-order chi connectivity index (χ0) is 21.6. The van der Waals surface area contributed by atoms with Crippen molar-refractivity contribution in [3.63, 3.8) is 0 Å². The Bertz CT molecular complexity index is 1010. The van der Waals surface area contributed by atoms with Gasteiger partial charge in [-0.1, -0.05) is 24.8 Å². The van der Waals surface area contributed by atoms with Gasteiger partial charge in [0.05, 0.1) is 0 Å². The minimum absolute atomic E-state index is 0.129. The van der Waals surface area contributed by atoms with Crippen molar-refractivity contribution in [1.29, 1.82) is 0 Å². The minimum Gasteiger partial charge on any atom is -0.398 e. The SMILES string of the molecule is Cc1c(N)cccc1Sc1c(N)nc(N2CCC3(CC[C@@H](C)[C@H]3N)CC2)n(C)c1=O. The molecule has 162 valence electrons. The molecule has 0 radical (unpaired) electrons. The maximum Gasteiger partial charge on any atom is 0.270 e. The Hall–Kier alpha value is -2.19. The topological polar surface area (TPSA) is 116 Å². The van der Waals surface area contributed by atoms with Crippen molar-refractivity contribution in [3.8, 4) is 0 Å². The highest BCUT2D eigenvalue weighted by Gasteiger charge is 2.46. The normalized spacial score (nSPS) is 23.3. The number of nitrogen functional groups attached to an aromatic ring is 2. The number of nitrogens with two attached hydrogens (primary N) is 3. The molecular weight excluding hydrogens is 396 g/mol. The molecule has 2 atom stereocenters. The first-order valence-corrected chi connectivity index (χ1v) is 11.4. The maximum absolute atomic E-state index is 13.1. The van der Waals surface area contributed by atoms with Crippen LogP contribution in [0.15, 0.2) is 32.8 Å². The Kier molecular flexibility index (Phi) is 5.48. The number of hydrogen-bond donors (Lipinski definition) is 3. The van der Waals surface area contributed by atoms with Gasteiger partial charge in [-0.25, -0.2) is 0 Å². The number of piperidine rings is 1. The number of hydrogen-bond acceptors (Lipinski definition) is 7. The molecule has 2 fully saturated rings. The fraction of sp³-hybridized carbons (Fsp3) is 0.545. The summed E-state index contributed by atoms with van der Waals surface area (Å²) >= 11 is 1.33. The summed E-state index contributed by atoms with van der Waals surface area (Å²) in [6, 6.07) is 5.94. The quantitative estimate of drug-likeness (QED) is 0.644. The van der Waals surface area contributed by atoms with E-state index in [1.807, 2.05) is 25.1 Å². The van der Waals surface area contributed by atoms with Crippen molar-refractivity contribution < 1.29 is 0 Å². The summed E-state index contributed by atoms with van der Waals surface area (Å²) in [6.45, 7) is 5.90. The lowest BCUT2D eigenvalue weighted by Crippen LogP contribution is -2.49. The summed E-state index contributed by atoms with van der Waals surface area (Å²) in [4.78, 5) is 21.3.